The van der Waals surface area contributed by atoms with Crippen molar-refractivity contribution in [2.24, 2.45) is 0 Å². The van der Waals surface area contributed by atoms with Crippen molar-refractivity contribution in [3.63, 3.8) is 0 Å². The summed E-state index contributed by atoms with van der Waals surface area (Å²) in [5.41, 5.74) is 0.0782. The number of nitrogens with zero attached hydrogens (tertiary/aromatic N) is 2. The number of aliphatic carboxylic acids is 1. The molecular weight excluding hydrogens is 368 g/mol. The van der Waals surface area contributed by atoms with E-state index in [9.17, 15) is 27.3 Å². The highest BCUT2D eigenvalue weighted by molar-refractivity contribution is 7.95. The van der Waals surface area contributed by atoms with Crippen LogP contribution < -0.4 is 0 Å². The van der Waals surface area contributed by atoms with Crippen LogP contribution in [0, 0.1) is 0 Å². The summed E-state index contributed by atoms with van der Waals surface area (Å²) in [6, 6.07) is 3.30. The van der Waals surface area contributed by atoms with Crippen molar-refractivity contribution in [1.82, 2.24) is 9.88 Å². The molecule has 134 valence electrons. The predicted octanol–water partition coefficient (Wildman–Crippen LogP) is -0.000300. The summed E-state index contributed by atoms with van der Waals surface area (Å²) >= 11 is 0. The zero-order valence-corrected chi connectivity index (χ0v) is 15.3. The van der Waals surface area contributed by atoms with Crippen molar-refractivity contribution < 1.29 is 27.3 Å². The van der Waals surface area contributed by atoms with Crippen molar-refractivity contribution in [3.8, 4) is 0 Å². The number of rotatable bonds is 3. The number of sulfone groups is 1. The molecule has 1 aromatic heterocycles. The third-order valence-electron chi connectivity index (χ3n) is 4.59. The molecule has 10 heteroatoms. The number of pyridine rings is 1. The summed E-state index contributed by atoms with van der Waals surface area (Å²) in [5, 5.41) is 8.01. The lowest BCUT2D eigenvalue weighted by Crippen LogP contribution is -2.59. The van der Waals surface area contributed by atoms with Crippen LogP contribution in [0.3, 0.4) is 0 Å². The molecule has 0 bridgehead atoms. The molecule has 8 nitrogen and oxygen atoms in total. The molecule has 0 spiro atoms. The van der Waals surface area contributed by atoms with Crippen LogP contribution in [0.5, 0.6) is 0 Å². The van der Waals surface area contributed by atoms with Gasteiger partial charge in [0, 0.05) is 12.5 Å². The van der Waals surface area contributed by atoms with Crippen LogP contribution in [0.2, 0.25) is 0 Å². The summed E-state index contributed by atoms with van der Waals surface area (Å²) in [6.07, 6.45) is 2.77. The minimum atomic E-state index is -4.02. The lowest BCUT2D eigenvalue weighted by Gasteiger charge is -2.38. The topological polar surface area (TPSA) is 122 Å². The van der Waals surface area contributed by atoms with Gasteiger partial charge in [-0.05, 0) is 26.0 Å². The van der Waals surface area contributed by atoms with Crippen molar-refractivity contribution in [2.75, 3.05) is 6.26 Å². The summed E-state index contributed by atoms with van der Waals surface area (Å²) in [6.45, 7) is 2.57. The Labute approximate surface area is 146 Å². The van der Waals surface area contributed by atoms with Gasteiger partial charge in [0.05, 0.1) is 27.0 Å². The second-order valence-electron chi connectivity index (χ2n) is 6.37. The second-order valence-corrected chi connectivity index (χ2v) is 10.3. The molecule has 3 atom stereocenters. The highest BCUT2D eigenvalue weighted by Gasteiger charge is 2.71. The van der Waals surface area contributed by atoms with E-state index in [2.05, 4.69) is 4.98 Å². The van der Waals surface area contributed by atoms with Gasteiger partial charge in [-0.3, -0.25) is 14.0 Å². The molecule has 2 fully saturated rings. The Balaban J connectivity index is 2.27. The maximum atomic E-state index is 12.9. The number of carboxylic acids is 1. The fourth-order valence-electron chi connectivity index (χ4n) is 3.32. The molecule has 0 aliphatic carbocycles. The standard InChI is InChI=1S/C15H16N2O6S2/c1-15(2)11(14(19)20)17-12(18)9(13(17)25(15,22)23)10(24(3)21)8-6-4-5-7-16-8/h4-7,11,13H,1-3H3,(H,19,20)/b10-9+/t11-,13?,24?/m0/s1. The van der Waals surface area contributed by atoms with Gasteiger partial charge >= 0.3 is 5.97 Å². The van der Waals surface area contributed by atoms with Crippen LogP contribution >= 0.6 is 0 Å². The number of hydrogen-bond acceptors (Lipinski definition) is 6. The van der Waals surface area contributed by atoms with E-state index < -0.39 is 48.7 Å². The molecule has 0 saturated carbocycles. The van der Waals surface area contributed by atoms with E-state index >= 15 is 0 Å². The number of carbonyl (C=O) groups excluding carboxylic acids is 1. The molecule has 3 heterocycles. The van der Waals surface area contributed by atoms with E-state index in [1.807, 2.05) is 0 Å². The van der Waals surface area contributed by atoms with Gasteiger partial charge < -0.3 is 10.0 Å². The van der Waals surface area contributed by atoms with Gasteiger partial charge in [0.25, 0.3) is 5.91 Å². The molecular formula is C15H16N2O6S2. The molecule has 0 aromatic carbocycles. The van der Waals surface area contributed by atoms with Crippen molar-refractivity contribution >= 4 is 37.4 Å². The van der Waals surface area contributed by atoms with E-state index in [1.165, 1.54) is 32.4 Å². The fraction of sp³-hybridized carbons (Fsp3) is 0.400. The average Bonchev–Trinajstić information content (AvgIpc) is 2.66. The Kier molecular flexibility index (Phi) is 3.88. The third-order valence-corrected chi connectivity index (χ3v) is 8.34. The summed E-state index contributed by atoms with van der Waals surface area (Å²) < 4.78 is 36.4. The average molecular weight is 384 g/mol. The lowest BCUT2D eigenvalue weighted by atomic mass is 9.95. The quantitative estimate of drug-likeness (QED) is 0.575. The highest BCUT2D eigenvalue weighted by Crippen LogP contribution is 2.50. The normalized spacial score (nSPS) is 29.6. The van der Waals surface area contributed by atoms with Gasteiger partial charge in [-0.1, -0.05) is 6.07 Å². The zero-order chi connectivity index (χ0) is 18.7. The zero-order valence-electron chi connectivity index (χ0n) is 13.7. The first kappa shape index (κ1) is 17.7. The maximum absolute atomic E-state index is 12.9. The molecule has 1 N–H and O–H groups in total. The highest BCUT2D eigenvalue weighted by atomic mass is 32.2. The van der Waals surface area contributed by atoms with E-state index in [4.69, 9.17) is 0 Å². The largest absolute Gasteiger partial charge is 0.480 e. The molecule has 0 radical (unpaired) electrons. The molecule has 2 aliphatic rings. The molecule has 1 amide bonds. The first-order chi connectivity index (χ1) is 11.5. The monoisotopic (exact) mass is 384 g/mol. The lowest BCUT2D eigenvalue weighted by molar-refractivity contribution is -0.152. The Hall–Kier alpha value is -2.07. The van der Waals surface area contributed by atoms with Gasteiger partial charge in [-0.2, -0.15) is 0 Å². The van der Waals surface area contributed by atoms with Gasteiger partial charge in [-0.25, -0.2) is 13.2 Å². The van der Waals surface area contributed by atoms with Crippen LogP contribution in [0.25, 0.3) is 4.91 Å². The maximum Gasteiger partial charge on any atom is 0.328 e. The number of carbonyl (C=O) groups is 2. The van der Waals surface area contributed by atoms with E-state index in [-0.39, 0.29) is 16.2 Å². The molecule has 2 saturated heterocycles. The third kappa shape index (κ3) is 2.20. The number of hydrogen-bond donors (Lipinski definition) is 1. The van der Waals surface area contributed by atoms with Gasteiger partial charge in [-0.15, -0.1) is 0 Å². The number of amides is 1. The smallest absolute Gasteiger partial charge is 0.328 e. The first-order valence-corrected chi connectivity index (χ1v) is 10.4. The summed E-state index contributed by atoms with van der Waals surface area (Å²) in [5.74, 6) is -2.12. The summed E-state index contributed by atoms with van der Waals surface area (Å²) in [4.78, 5) is 29.1. The van der Waals surface area contributed by atoms with Crippen molar-refractivity contribution in [1.29, 1.82) is 0 Å². The van der Waals surface area contributed by atoms with Gasteiger partial charge in [0.1, 0.15) is 4.75 Å². The fourth-order valence-corrected chi connectivity index (χ4v) is 6.47. The molecule has 1 aromatic rings. The van der Waals surface area contributed by atoms with Crippen LogP contribution in [0.1, 0.15) is 19.5 Å². The number of carboxylic acid groups (broad SMARTS) is 1. The number of fused-ring (bicyclic) bond motifs is 1. The Bertz CT molecular complexity index is 936. The molecule has 3 rings (SSSR count). The van der Waals surface area contributed by atoms with Crippen molar-refractivity contribution in [3.05, 3.63) is 35.7 Å². The summed E-state index contributed by atoms with van der Waals surface area (Å²) in [7, 11) is -5.71. The SMILES string of the molecule is CS(=O)/C(=C1\C(=O)N2C1S(=O)(=O)C(C)(C)[C@@H]2C(=O)O)c1ccccn1. The predicted molar refractivity (Wildman–Crippen MR) is 90.3 cm³/mol. The van der Waals surface area contributed by atoms with Crippen LogP contribution in [0.4, 0.5) is 0 Å². The Morgan fingerprint density at radius 2 is 2.00 bits per heavy atom. The van der Waals surface area contributed by atoms with Crippen LogP contribution in [-0.4, -0.2) is 61.9 Å². The van der Waals surface area contributed by atoms with Gasteiger partial charge in [0.2, 0.25) is 0 Å². The first-order valence-electron chi connectivity index (χ1n) is 7.31. The second kappa shape index (κ2) is 5.46. The van der Waals surface area contributed by atoms with Crippen molar-refractivity contribution in [2.45, 2.75) is 30.0 Å². The molecule has 2 unspecified atom stereocenters. The van der Waals surface area contributed by atoms with Crippen LogP contribution in [-0.2, 0) is 30.2 Å². The minimum Gasteiger partial charge on any atom is -0.480 e. The van der Waals surface area contributed by atoms with Gasteiger partial charge in [0.15, 0.2) is 21.3 Å². The number of β-lactam (4-membered cyclic amide) rings is 1. The minimum absolute atomic E-state index is 0.0252. The van der Waals surface area contributed by atoms with Crippen LogP contribution in [0.15, 0.2) is 30.0 Å². The Morgan fingerprint density at radius 3 is 2.48 bits per heavy atom. The Morgan fingerprint density at radius 1 is 1.36 bits per heavy atom. The van der Waals surface area contributed by atoms with E-state index in [0.717, 1.165) is 4.90 Å². The molecule has 25 heavy (non-hydrogen) atoms. The molecule has 2 aliphatic heterocycles. The number of aromatic nitrogens is 1. The van der Waals surface area contributed by atoms with E-state index in [1.54, 1.807) is 12.1 Å². The van der Waals surface area contributed by atoms with E-state index in [0.29, 0.717) is 0 Å².